The molecule has 0 radical (unpaired) electrons. The number of primary amides is 1. The van der Waals surface area contributed by atoms with Gasteiger partial charge in [-0.25, -0.2) is 4.39 Å². The number of hydrogen-bond acceptors (Lipinski definition) is 3. The molecule has 2 atom stereocenters. The van der Waals surface area contributed by atoms with Crippen LogP contribution >= 0.6 is 0 Å². The summed E-state index contributed by atoms with van der Waals surface area (Å²) in [7, 11) is 0. The third-order valence-electron chi connectivity index (χ3n) is 4.61. The van der Waals surface area contributed by atoms with Crippen molar-refractivity contribution in [3.63, 3.8) is 0 Å². The summed E-state index contributed by atoms with van der Waals surface area (Å²) < 4.78 is 15.0. The van der Waals surface area contributed by atoms with E-state index in [0.717, 1.165) is 11.4 Å². The Kier molecular flexibility index (Phi) is 4.34. The average Bonchev–Trinajstić information content (AvgIpc) is 3.08. The maximum atomic E-state index is 13.2. The topological polar surface area (TPSA) is 88.6 Å². The normalized spacial score (nSPS) is 20.1. The smallest absolute Gasteiger partial charge is 0.256 e. The summed E-state index contributed by atoms with van der Waals surface area (Å²) in [6.45, 7) is 3.71. The van der Waals surface area contributed by atoms with Gasteiger partial charge < -0.3 is 20.3 Å². The van der Waals surface area contributed by atoms with Crippen molar-refractivity contribution < 1.29 is 19.1 Å². The standard InChI is InChI=1S/C18H20FN3O3/c1-10-7-15(11(2)22(10)13-5-3-12(19)4-6-13)18(25)21-9-14(23)8-16(21)17(20)24/h3-7,14,16,23H,8-9H2,1-2H3,(H2,20,24)/t14-,16+/m0/s1. The minimum absolute atomic E-state index is 0.0760. The van der Waals surface area contributed by atoms with Gasteiger partial charge in [0.25, 0.3) is 5.91 Å². The van der Waals surface area contributed by atoms with Crippen LogP contribution in [0.3, 0.4) is 0 Å². The Bertz CT molecular complexity index is 829. The Morgan fingerprint density at radius 2 is 1.88 bits per heavy atom. The molecule has 7 heteroatoms. The number of aromatic nitrogens is 1. The van der Waals surface area contributed by atoms with Crippen LogP contribution in [0.25, 0.3) is 5.69 Å². The van der Waals surface area contributed by atoms with Crippen molar-refractivity contribution in [1.29, 1.82) is 0 Å². The number of nitrogens with zero attached hydrogens (tertiary/aromatic N) is 2. The summed E-state index contributed by atoms with van der Waals surface area (Å²) in [5.74, 6) is -1.31. The van der Waals surface area contributed by atoms with E-state index >= 15 is 0 Å². The number of β-amino-alcohol motifs (C(OH)–C–C–N with tert-alkyl or cyclic N) is 1. The molecule has 1 saturated heterocycles. The molecule has 2 heterocycles. The number of benzene rings is 1. The first kappa shape index (κ1) is 17.2. The van der Waals surface area contributed by atoms with E-state index in [2.05, 4.69) is 0 Å². The molecule has 0 bridgehead atoms. The second-order valence-corrected chi connectivity index (χ2v) is 6.36. The second kappa shape index (κ2) is 6.33. The van der Waals surface area contributed by atoms with Crippen molar-refractivity contribution in [1.82, 2.24) is 9.47 Å². The van der Waals surface area contributed by atoms with Gasteiger partial charge in [0, 0.05) is 30.0 Å². The van der Waals surface area contributed by atoms with E-state index in [1.54, 1.807) is 25.1 Å². The minimum atomic E-state index is -0.809. The quantitative estimate of drug-likeness (QED) is 0.879. The number of hydrogen-bond donors (Lipinski definition) is 2. The summed E-state index contributed by atoms with van der Waals surface area (Å²) in [6, 6.07) is 6.90. The van der Waals surface area contributed by atoms with Crippen molar-refractivity contribution in [2.75, 3.05) is 6.54 Å². The van der Waals surface area contributed by atoms with E-state index in [-0.39, 0.29) is 24.7 Å². The lowest BCUT2D eigenvalue weighted by Gasteiger charge is -2.22. The van der Waals surface area contributed by atoms with E-state index < -0.39 is 18.1 Å². The van der Waals surface area contributed by atoms with Crippen molar-refractivity contribution >= 4 is 11.8 Å². The monoisotopic (exact) mass is 345 g/mol. The highest BCUT2D eigenvalue weighted by atomic mass is 19.1. The Hall–Kier alpha value is -2.67. The van der Waals surface area contributed by atoms with Gasteiger partial charge in [-0.05, 0) is 44.2 Å². The van der Waals surface area contributed by atoms with Crippen molar-refractivity contribution in [2.24, 2.45) is 5.73 Å². The van der Waals surface area contributed by atoms with Crippen LogP contribution in [-0.2, 0) is 4.79 Å². The SMILES string of the molecule is Cc1cc(C(=O)N2C[C@@H](O)C[C@@H]2C(N)=O)c(C)n1-c1ccc(F)cc1. The van der Waals surface area contributed by atoms with E-state index in [0.29, 0.717) is 11.3 Å². The molecule has 3 rings (SSSR count). The van der Waals surface area contributed by atoms with Gasteiger partial charge in [0.2, 0.25) is 5.91 Å². The maximum absolute atomic E-state index is 13.2. The Morgan fingerprint density at radius 3 is 2.48 bits per heavy atom. The number of likely N-dealkylation sites (tertiary alicyclic amines) is 1. The molecule has 1 aromatic heterocycles. The fourth-order valence-electron chi connectivity index (χ4n) is 3.43. The lowest BCUT2D eigenvalue weighted by Crippen LogP contribution is -2.43. The molecule has 1 aliphatic heterocycles. The third-order valence-corrected chi connectivity index (χ3v) is 4.61. The lowest BCUT2D eigenvalue weighted by molar-refractivity contribution is -0.121. The summed E-state index contributed by atoms with van der Waals surface area (Å²) in [5, 5.41) is 9.81. The number of carbonyl (C=O) groups is 2. The largest absolute Gasteiger partial charge is 0.391 e. The Morgan fingerprint density at radius 1 is 1.24 bits per heavy atom. The van der Waals surface area contributed by atoms with Gasteiger partial charge in [0.15, 0.2) is 0 Å². The van der Waals surface area contributed by atoms with Gasteiger partial charge in [0.1, 0.15) is 11.9 Å². The van der Waals surface area contributed by atoms with E-state index in [1.807, 2.05) is 11.5 Å². The number of carbonyl (C=O) groups excluding carboxylic acids is 2. The molecule has 132 valence electrons. The Labute approximate surface area is 144 Å². The number of nitrogens with two attached hydrogens (primary N) is 1. The number of halogens is 1. The molecule has 3 N–H and O–H groups in total. The molecule has 6 nitrogen and oxygen atoms in total. The number of amides is 2. The Balaban J connectivity index is 1.98. The van der Waals surface area contributed by atoms with E-state index in [4.69, 9.17) is 5.73 Å². The number of aryl methyl sites for hydroxylation is 1. The molecule has 1 aliphatic rings. The van der Waals surface area contributed by atoms with Gasteiger partial charge >= 0.3 is 0 Å². The summed E-state index contributed by atoms with van der Waals surface area (Å²) in [4.78, 5) is 25.8. The first-order chi connectivity index (χ1) is 11.8. The van der Waals surface area contributed by atoms with Crippen molar-refractivity contribution in [2.45, 2.75) is 32.4 Å². The van der Waals surface area contributed by atoms with Crippen LogP contribution < -0.4 is 5.73 Å². The molecule has 0 spiro atoms. The van der Waals surface area contributed by atoms with Gasteiger partial charge in [-0.2, -0.15) is 0 Å². The van der Waals surface area contributed by atoms with E-state index in [9.17, 15) is 19.1 Å². The van der Waals surface area contributed by atoms with Gasteiger partial charge in [-0.1, -0.05) is 0 Å². The summed E-state index contributed by atoms with van der Waals surface area (Å²) in [6.07, 6.45) is -0.611. The zero-order chi connectivity index (χ0) is 18.3. The summed E-state index contributed by atoms with van der Waals surface area (Å²) >= 11 is 0. The highest BCUT2D eigenvalue weighted by molar-refractivity contribution is 5.99. The molecular weight excluding hydrogens is 325 g/mol. The molecule has 25 heavy (non-hydrogen) atoms. The fraction of sp³-hybridized carbons (Fsp3) is 0.333. The molecule has 2 amide bonds. The number of rotatable bonds is 3. The minimum Gasteiger partial charge on any atom is -0.391 e. The first-order valence-corrected chi connectivity index (χ1v) is 8.03. The zero-order valence-corrected chi connectivity index (χ0v) is 14.1. The first-order valence-electron chi connectivity index (χ1n) is 8.03. The maximum Gasteiger partial charge on any atom is 0.256 e. The third kappa shape index (κ3) is 3.02. The van der Waals surface area contributed by atoms with Crippen LogP contribution in [0.4, 0.5) is 4.39 Å². The zero-order valence-electron chi connectivity index (χ0n) is 14.1. The van der Waals surface area contributed by atoms with Gasteiger partial charge in [-0.3, -0.25) is 9.59 Å². The second-order valence-electron chi connectivity index (χ2n) is 6.36. The molecule has 1 aromatic carbocycles. The molecule has 0 saturated carbocycles. The fourth-order valence-corrected chi connectivity index (χ4v) is 3.43. The van der Waals surface area contributed by atoms with Crippen LogP contribution in [0.1, 0.15) is 28.2 Å². The predicted octanol–water partition coefficient (Wildman–Crippen LogP) is 1.29. The van der Waals surface area contributed by atoms with Crippen LogP contribution in [0, 0.1) is 19.7 Å². The van der Waals surface area contributed by atoms with E-state index in [1.165, 1.54) is 17.0 Å². The highest BCUT2D eigenvalue weighted by Crippen LogP contribution is 2.26. The molecule has 0 aliphatic carbocycles. The van der Waals surface area contributed by atoms with Crippen LogP contribution in [0.15, 0.2) is 30.3 Å². The predicted molar refractivity (Wildman–Crippen MR) is 89.8 cm³/mol. The van der Waals surface area contributed by atoms with Crippen LogP contribution in [0.2, 0.25) is 0 Å². The molecule has 2 aromatic rings. The lowest BCUT2D eigenvalue weighted by atomic mass is 10.1. The van der Waals surface area contributed by atoms with Crippen LogP contribution in [0.5, 0.6) is 0 Å². The van der Waals surface area contributed by atoms with Crippen molar-refractivity contribution in [3.8, 4) is 5.69 Å². The van der Waals surface area contributed by atoms with Crippen LogP contribution in [-0.4, -0.2) is 45.1 Å². The van der Waals surface area contributed by atoms with Gasteiger partial charge in [0.05, 0.1) is 11.7 Å². The average molecular weight is 345 g/mol. The van der Waals surface area contributed by atoms with Gasteiger partial charge in [-0.15, -0.1) is 0 Å². The summed E-state index contributed by atoms with van der Waals surface area (Å²) in [5.41, 5.74) is 8.02. The highest BCUT2D eigenvalue weighted by Gasteiger charge is 2.39. The molecule has 0 unspecified atom stereocenters. The number of aliphatic hydroxyl groups is 1. The van der Waals surface area contributed by atoms with Crippen molar-refractivity contribution in [3.05, 3.63) is 53.1 Å². The molecular formula is C18H20FN3O3. The molecule has 1 fully saturated rings. The number of aliphatic hydroxyl groups excluding tert-OH is 1.